The van der Waals surface area contributed by atoms with Gasteiger partial charge in [-0.1, -0.05) is 18.2 Å². The Morgan fingerprint density at radius 3 is 2.81 bits per heavy atom. The number of sulfone groups is 1. The highest BCUT2D eigenvalue weighted by Crippen LogP contribution is 2.26. The van der Waals surface area contributed by atoms with Gasteiger partial charge in [-0.05, 0) is 31.2 Å². The van der Waals surface area contributed by atoms with Gasteiger partial charge in [-0.3, -0.25) is 0 Å². The van der Waals surface area contributed by atoms with Gasteiger partial charge in [0.1, 0.15) is 11.5 Å². The molecule has 0 amide bonds. The van der Waals surface area contributed by atoms with Crippen LogP contribution in [0.15, 0.2) is 65.8 Å². The van der Waals surface area contributed by atoms with Crippen molar-refractivity contribution in [1.29, 1.82) is 0 Å². The number of pyridine rings is 1. The SMILES string of the molecule is C[C@H]1COCCN1c1cc(CS(=O)(=O)c2ccccc2)nc(-c2cnc3[nH]ccc3c2)n1. The van der Waals surface area contributed by atoms with Crippen molar-refractivity contribution in [2.45, 2.75) is 23.6 Å². The van der Waals surface area contributed by atoms with Crippen molar-refractivity contribution in [3.8, 4) is 11.4 Å². The van der Waals surface area contributed by atoms with E-state index < -0.39 is 9.84 Å². The highest BCUT2D eigenvalue weighted by atomic mass is 32.2. The van der Waals surface area contributed by atoms with E-state index in [1.54, 1.807) is 42.6 Å². The lowest BCUT2D eigenvalue weighted by Crippen LogP contribution is -2.44. The van der Waals surface area contributed by atoms with Crippen molar-refractivity contribution >= 4 is 26.7 Å². The summed E-state index contributed by atoms with van der Waals surface area (Å²) in [6.45, 7) is 3.93. The van der Waals surface area contributed by atoms with E-state index in [-0.39, 0.29) is 16.7 Å². The average molecular weight is 450 g/mol. The lowest BCUT2D eigenvalue weighted by Gasteiger charge is -2.34. The van der Waals surface area contributed by atoms with Crippen LogP contribution in [0.4, 0.5) is 5.82 Å². The number of benzene rings is 1. The lowest BCUT2D eigenvalue weighted by atomic mass is 10.2. The van der Waals surface area contributed by atoms with Gasteiger partial charge in [0, 0.05) is 36.0 Å². The Bertz CT molecular complexity index is 1350. The Morgan fingerprint density at radius 2 is 2.00 bits per heavy atom. The summed E-state index contributed by atoms with van der Waals surface area (Å²) in [7, 11) is -3.55. The van der Waals surface area contributed by atoms with Crippen LogP contribution in [0.2, 0.25) is 0 Å². The minimum absolute atomic E-state index is 0.121. The monoisotopic (exact) mass is 449 g/mol. The van der Waals surface area contributed by atoms with E-state index in [0.29, 0.717) is 37.1 Å². The first-order valence-electron chi connectivity index (χ1n) is 10.4. The molecule has 164 valence electrons. The van der Waals surface area contributed by atoms with Gasteiger partial charge in [-0.15, -0.1) is 0 Å². The fourth-order valence-corrected chi connectivity index (χ4v) is 5.14. The summed E-state index contributed by atoms with van der Waals surface area (Å²) in [5.74, 6) is 0.936. The highest BCUT2D eigenvalue weighted by Gasteiger charge is 2.24. The molecule has 0 saturated carbocycles. The van der Waals surface area contributed by atoms with Crippen LogP contribution in [0.25, 0.3) is 22.4 Å². The Hall–Kier alpha value is -3.30. The van der Waals surface area contributed by atoms with E-state index in [9.17, 15) is 8.42 Å². The van der Waals surface area contributed by atoms with E-state index in [1.807, 2.05) is 18.3 Å². The maximum atomic E-state index is 13.0. The van der Waals surface area contributed by atoms with Crippen LogP contribution in [0, 0.1) is 0 Å². The quantitative estimate of drug-likeness (QED) is 0.499. The molecule has 4 aromatic rings. The molecule has 4 heterocycles. The van der Waals surface area contributed by atoms with Crippen LogP contribution in [-0.2, 0) is 20.3 Å². The average Bonchev–Trinajstić information content (AvgIpc) is 3.27. The second-order valence-electron chi connectivity index (χ2n) is 7.87. The number of nitrogens with one attached hydrogen (secondary N) is 1. The summed E-state index contributed by atoms with van der Waals surface area (Å²) in [6, 6.07) is 14.2. The Kier molecular flexibility index (Phi) is 5.36. The molecule has 0 aliphatic carbocycles. The molecule has 0 radical (unpaired) electrons. The summed E-state index contributed by atoms with van der Waals surface area (Å²) in [4.78, 5) is 19.3. The zero-order valence-corrected chi connectivity index (χ0v) is 18.4. The lowest BCUT2D eigenvalue weighted by molar-refractivity contribution is 0.0985. The van der Waals surface area contributed by atoms with E-state index in [2.05, 4.69) is 26.8 Å². The van der Waals surface area contributed by atoms with E-state index in [0.717, 1.165) is 16.6 Å². The predicted octanol–water partition coefficient (Wildman–Crippen LogP) is 3.22. The van der Waals surface area contributed by atoms with Crippen LogP contribution in [0.1, 0.15) is 12.6 Å². The number of nitrogens with zero attached hydrogens (tertiary/aromatic N) is 4. The number of morpholine rings is 1. The third kappa shape index (κ3) is 4.09. The minimum atomic E-state index is -3.55. The molecule has 1 N–H and O–H groups in total. The molecule has 1 aromatic carbocycles. The number of anilines is 1. The second-order valence-corrected chi connectivity index (χ2v) is 9.86. The molecule has 0 unspecified atom stereocenters. The molecule has 1 saturated heterocycles. The Labute approximate surface area is 186 Å². The largest absolute Gasteiger partial charge is 0.377 e. The molecular weight excluding hydrogens is 426 g/mol. The summed E-state index contributed by atoms with van der Waals surface area (Å²) in [5, 5.41) is 0.940. The first-order chi connectivity index (χ1) is 15.5. The molecular formula is C23H23N5O3S. The van der Waals surface area contributed by atoms with E-state index in [4.69, 9.17) is 9.72 Å². The zero-order valence-electron chi connectivity index (χ0n) is 17.6. The van der Waals surface area contributed by atoms with Crippen LogP contribution in [0.3, 0.4) is 0 Å². The van der Waals surface area contributed by atoms with Crippen molar-refractivity contribution < 1.29 is 13.2 Å². The number of fused-ring (bicyclic) bond motifs is 1. The predicted molar refractivity (Wildman–Crippen MR) is 122 cm³/mol. The number of hydrogen-bond acceptors (Lipinski definition) is 7. The zero-order chi connectivity index (χ0) is 22.1. The summed E-state index contributed by atoms with van der Waals surface area (Å²) in [6.07, 6.45) is 3.53. The number of H-pyrrole nitrogens is 1. The molecule has 9 heteroatoms. The van der Waals surface area contributed by atoms with E-state index >= 15 is 0 Å². The summed E-state index contributed by atoms with van der Waals surface area (Å²) >= 11 is 0. The van der Waals surface area contributed by atoms with E-state index in [1.165, 1.54) is 0 Å². The first kappa shape index (κ1) is 20.6. The number of rotatable bonds is 5. The fraction of sp³-hybridized carbons (Fsp3) is 0.261. The van der Waals surface area contributed by atoms with Crippen molar-refractivity contribution in [3.05, 3.63) is 66.6 Å². The number of aromatic amines is 1. The van der Waals surface area contributed by atoms with Gasteiger partial charge in [0.25, 0.3) is 0 Å². The standard InChI is InChI=1S/C23H23N5O3S/c1-16-14-31-10-9-28(16)21-12-19(15-32(29,30)20-5-3-2-4-6-20)26-23(27-21)18-11-17-7-8-24-22(17)25-13-18/h2-8,11-13,16H,9-10,14-15H2,1H3,(H,24,25)/t16-/m0/s1. The maximum Gasteiger partial charge on any atom is 0.184 e. The van der Waals surface area contributed by atoms with Crippen molar-refractivity contribution in [1.82, 2.24) is 19.9 Å². The number of hydrogen-bond donors (Lipinski definition) is 1. The second kappa shape index (κ2) is 8.33. The smallest absolute Gasteiger partial charge is 0.184 e. The molecule has 1 aliphatic rings. The molecule has 8 nitrogen and oxygen atoms in total. The topological polar surface area (TPSA) is 101 Å². The van der Waals surface area contributed by atoms with Gasteiger partial charge in [-0.25, -0.2) is 23.4 Å². The number of aromatic nitrogens is 4. The van der Waals surface area contributed by atoms with Gasteiger partial charge in [0.05, 0.1) is 35.6 Å². The highest BCUT2D eigenvalue weighted by molar-refractivity contribution is 7.90. The van der Waals surface area contributed by atoms with Gasteiger partial charge < -0.3 is 14.6 Å². The molecule has 0 bridgehead atoms. The van der Waals surface area contributed by atoms with Crippen LogP contribution >= 0.6 is 0 Å². The minimum Gasteiger partial charge on any atom is -0.377 e. The summed E-state index contributed by atoms with van der Waals surface area (Å²) in [5.41, 5.74) is 1.96. The van der Waals surface area contributed by atoms with Crippen LogP contribution in [0.5, 0.6) is 0 Å². The van der Waals surface area contributed by atoms with Crippen molar-refractivity contribution in [3.63, 3.8) is 0 Å². The van der Waals surface area contributed by atoms with Gasteiger partial charge in [0.15, 0.2) is 15.7 Å². The molecule has 5 rings (SSSR count). The normalized spacial score (nSPS) is 17.0. The Morgan fingerprint density at radius 1 is 1.16 bits per heavy atom. The molecule has 1 aliphatic heterocycles. The number of ether oxygens (including phenoxy) is 1. The third-order valence-corrected chi connectivity index (χ3v) is 7.19. The molecule has 1 fully saturated rings. The Balaban J connectivity index is 1.59. The first-order valence-corrected chi connectivity index (χ1v) is 12.1. The molecule has 3 aromatic heterocycles. The van der Waals surface area contributed by atoms with Crippen LogP contribution < -0.4 is 4.90 Å². The van der Waals surface area contributed by atoms with Gasteiger partial charge in [0.2, 0.25) is 0 Å². The molecule has 0 spiro atoms. The maximum absolute atomic E-state index is 13.0. The third-order valence-electron chi connectivity index (χ3n) is 5.53. The van der Waals surface area contributed by atoms with Crippen molar-refractivity contribution in [2.24, 2.45) is 0 Å². The fourth-order valence-electron chi connectivity index (χ4n) is 3.87. The van der Waals surface area contributed by atoms with Gasteiger partial charge in [-0.2, -0.15) is 0 Å². The van der Waals surface area contributed by atoms with Crippen molar-refractivity contribution in [2.75, 3.05) is 24.7 Å². The molecule has 1 atom stereocenters. The summed E-state index contributed by atoms with van der Waals surface area (Å²) < 4.78 is 31.6. The molecule has 32 heavy (non-hydrogen) atoms. The van der Waals surface area contributed by atoms with Crippen LogP contribution in [-0.4, -0.2) is 54.2 Å². The van der Waals surface area contributed by atoms with Gasteiger partial charge >= 0.3 is 0 Å².